The van der Waals surface area contributed by atoms with Crippen molar-refractivity contribution in [2.45, 2.75) is 220 Å². The van der Waals surface area contributed by atoms with Gasteiger partial charge >= 0.3 is 11.9 Å². The molecule has 1 saturated carbocycles. The molecule has 15 atom stereocenters. The third kappa shape index (κ3) is 21.7. The Labute approximate surface area is 577 Å². The third-order valence-electron chi connectivity index (χ3n) is 18.0. The van der Waals surface area contributed by atoms with E-state index in [1.54, 1.807) is 66.0 Å². The average molecular weight is 1610 g/mol. The number of ketones is 3. The lowest BCUT2D eigenvalue weighted by atomic mass is 9.78. The largest absolute Gasteiger partial charge is 0.460 e. The highest BCUT2D eigenvalue weighted by atomic mass is 127. The number of carbonyl (C=O) groups excluding carboxylic acids is 9. The molecule has 21 nitrogen and oxygen atoms in total. The van der Waals surface area contributed by atoms with Crippen LogP contribution in [0.4, 0.5) is 11.4 Å². The van der Waals surface area contributed by atoms with Gasteiger partial charge in [0.05, 0.1) is 46.0 Å². The molecule has 2 bridgehead atoms. The summed E-state index contributed by atoms with van der Waals surface area (Å²) in [6.07, 6.45) is 10.2. The number of allylic oxidation sites excluding steroid dienone is 6. The molecule has 6 N–H and O–H groups in total. The van der Waals surface area contributed by atoms with E-state index in [0.29, 0.717) is 122 Å². The number of Topliss-reactive ketones (excluding diaryl/α,β-unsaturated/α-hetero) is 3. The van der Waals surface area contributed by atoms with E-state index in [1.165, 1.54) is 21.0 Å². The van der Waals surface area contributed by atoms with E-state index in [1.807, 2.05) is 93.8 Å². The van der Waals surface area contributed by atoms with E-state index in [0.717, 1.165) is 4.90 Å². The molecule has 4 aliphatic rings. The number of methoxy groups -OCH3 is 2. The molecule has 0 spiro atoms. The second kappa shape index (κ2) is 36.7. The highest BCUT2D eigenvalue weighted by Crippen LogP contribution is 2.41. The number of fused-ring (bicyclic) bond motifs is 3. The Morgan fingerprint density at radius 3 is 2.10 bits per heavy atom. The van der Waals surface area contributed by atoms with Gasteiger partial charge in [0.25, 0.3) is 17.6 Å². The minimum atomic E-state index is -2.54. The normalized spacial score (nSPS) is 31.9. The van der Waals surface area contributed by atoms with Crippen molar-refractivity contribution in [3.8, 4) is 0 Å². The Balaban J connectivity index is 1.30. The van der Waals surface area contributed by atoms with Crippen LogP contribution in [0.25, 0.3) is 0 Å². The van der Waals surface area contributed by atoms with Crippen LogP contribution in [-0.4, -0.2) is 155 Å². The molecule has 91 heavy (non-hydrogen) atoms. The number of hydrogen-bond donors (Lipinski definition) is 6. The Hall–Kier alpha value is -4.04. The van der Waals surface area contributed by atoms with Crippen LogP contribution in [0.5, 0.6) is 0 Å². The molecule has 1 aromatic carbocycles. The zero-order valence-electron chi connectivity index (χ0n) is 54.4. The summed E-state index contributed by atoms with van der Waals surface area (Å²) in [6.45, 7) is 15.3. The molecule has 0 unspecified atom stereocenters. The number of hydrogen-bond acceptors (Lipinski definition) is 17. The van der Waals surface area contributed by atoms with Crippen LogP contribution in [-0.2, 0) is 62.0 Å². The number of anilines is 2. The molecule has 3 fully saturated rings. The van der Waals surface area contributed by atoms with Crippen molar-refractivity contribution in [1.82, 2.24) is 10.2 Å². The van der Waals surface area contributed by atoms with Gasteiger partial charge in [-0.15, -0.1) is 0 Å². The van der Waals surface area contributed by atoms with Crippen molar-refractivity contribution >= 4 is 132 Å². The average Bonchev–Trinajstić information content (AvgIpc) is 0.813. The van der Waals surface area contributed by atoms with Crippen LogP contribution < -0.4 is 16.0 Å². The fraction of sp³-hybridized carbons (Fsp3) is 0.657. The fourth-order valence-electron chi connectivity index (χ4n) is 12.5. The van der Waals surface area contributed by atoms with Gasteiger partial charge in [0, 0.05) is 78.2 Å². The van der Waals surface area contributed by atoms with E-state index in [9.17, 15) is 58.5 Å². The summed E-state index contributed by atoms with van der Waals surface area (Å²) in [5.41, 5.74) is 2.10. The third-order valence-corrected chi connectivity index (χ3v) is 21.2. The zero-order chi connectivity index (χ0) is 67.6. The predicted octanol–water partition coefficient (Wildman–Crippen LogP) is 9.80. The van der Waals surface area contributed by atoms with Gasteiger partial charge in [-0.3, -0.25) is 38.4 Å². The lowest BCUT2D eigenvalue weighted by Gasteiger charge is -2.42. The molecule has 3 aliphatic heterocycles. The first-order chi connectivity index (χ1) is 42.9. The van der Waals surface area contributed by atoms with E-state index >= 15 is 0 Å². The Kier molecular flexibility index (Phi) is 31.4. The number of aliphatic hydroxyl groups excluding tert-OH is 2. The maximum Gasteiger partial charge on any atom is 0.329 e. The molecule has 1 aliphatic carbocycles. The molecular weight excluding hydrogens is 1510 g/mol. The smallest absolute Gasteiger partial charge is 0.329 e. The number of carbonyl (C=O) groups is 9. The van der Waals surface area contributed by atoms with Crippen molar-refractivity contribution in [3.63, 3.8) is 0 Å². The first kappa shape index (κ1) is 77.7. The SMILES string of the molecule is CO[C@@H]1C[C@H](C[C@@H](C)[C@@H]2CC(=O)[C@H](C)/C=C(\C)[C@@H](O)[C@@H](OC)C(=O)[C@H](C)C[C@H](C)/C=C/C=C/C=C(\C)[C@@H](O)C[C@@H]3CC[C@@H](C)[C@@](O)(O3)C(=O)C(=O)N3CCCC[C@H]3C(=O)O2)CC[C@H]1OC(=O)CCCCCNC(=O)c1c(I)c(NC(C)=O)c(I)c(NC(C)=O)c1I. The van der Waals surface area contributed by atoms with Crippen LogP contribution in [0.1, 0.15) is 175 Å². The number of nitrogens with zero attached hydrogens (tertiary/aromatic N) is 1. The van der Waals surface area contributed by atoms with Crippen LogP contribution >= 0.6 is 67.8 Å². The van der Waals surface area contributed by atoms with Gasteiger partial charge in [-0.25, -0.2) is 4.79 Å². The molecule has 1 aromatic rings. The molecule has 4 amide bonds. The van der Waals surface area contributed by atoms with E-state index < -0.39 is 102 Å². The van der Waals surface area contributed by atoms with Gasteiger partial charge in [-0.1, -0.05) is 77.5 Å². The molecule has 2 saturated heterocycles. The summed E-state index contributed by atoms with van der Waals surface area (Å²) < 4.78 is 31.6. The molecule has 506 valence electrons. The Bertz CT molecular complexity index is 2870. The minimum Gasteiger partial charge on any atom is -0.460 e. The number of piperidine rings is 1. The first-order valence-corrected chi connectivity index (χ1v) is 35.0. The summed E-state index contributed by atoms with van der Waals surface area (Å²) in [4.78, 5) is 124. The number of unbranched alkanes of at least 4 members (excludes halogenated alkanes) is 2. The standard InChI is InChI=1S/C67H95I3N4O17/c1-36-20-14-12-15-21-37(2)48(77)34-46-26-24-42(7)67(86,91-46)63(82)65(84)74-29-19-17-22-47(74)66(85)90-51(35-49(78)38(3)31-41(6)61(81)62(88-11)60(80)40(5)30-36)39(4)32-45-25-27-50(52(33-45)87-10)89-53(79)23-16-13-18-28-71-64(83)54-55(68)58(72-43(8)75)57(70)59(56(54)69)73-44(9)76/h12,14-15,20-21,31,36,38-40,42,45-48,50-52,61-62,77,81,86H,13,16-19,22-30,32-35H2,1-11H3,(H,71,83)(H,72,75)(H,73,76)/b15-12+,20-14+,37-21+,41-31+/t36-,38-,39-,40-,42-,45+,46+,47+,48+,50-,51+,52-,61-,62+,67-/m1/s1. The summed E-state index contributed by atoms with van der Waals surface area (Å²) in [5, 5.41) is 43.3. The summed E-state index contributed by atoms with van der Waals surface area (Å²) in [7, 11) is 2.90. The number of aliphatic hydroxyl groups is 3. The van der Waals surface area contributed by atoms with Gasteiger partial charge < -0.3 is 59.9 Å². The van der Waals surface area contributed by atoms with Crippen LogP contribution in [0.15, 0.2) is 47.6 Å². The monoisotopic (exact) mass is 1610 g/mol. The highest BCUT2D eigenvalue weighted by molar-refractivity contribution is 14.1. The van der Waals surface area contributed by atoms with Gasteiger partial charge in [0.2, 0.25) is 17.6 Å². The highest BCUT2D eigenvalue weighted by Gasteiger charge is 2.53. The minimum absolute atomic E-state index is 0.0174. The topological polar surface area (TPSA) is 300 Å². The van der Waals surface area contributed by atoms with Crippen LogP contribution in [0.2, 0.25) is 0 Å². The molecule has 5 rings (SSSR count). The summed E-state index contributed by atoms with van der Waals surface area (Å²) in [5.74, 6) is -10.4. The van der Waals surface area contributed by atoms with E-state index in [-0.39, 0.29) is 73.4 Å². The van der Waals surface area contributed by atoms with Gasteiger partial charge in [0.15, 0.2) is 5.78 Å². The van der Waals surface area contributed by atoms with Crippen molar-refractivity contribution in [2.24, 2.45) is 35.5 Å². The molecule has 24 heteroatoms. The Morgan fingerprint density at radius 2 is 1.46 bits per heavy atom. The number of benzene rings is 1. The number of ether oxygens (including phenoxy) is 5. The van der Waals surface area contributed by atoms with Gasteiger partial charge in [0.1, 0.15) is 36.2 Å². The van der Waals surface area contributed by atoms with E-state index in [4.69, 9.17) is 23.7 Å². The number of esters is 2. The van der Waals surface area contributed by atoms with Gasteiger partial charge in [-0.05, 0) is 188 Å². The van der Waals surface area contributed by atoms with Crippen LogP contribution in [0.3, 0.4) is 0 Å². The first-order valence-electron chi connectivity index (χ1n) is 31.8. The summed E-state index contributed by atoms with van der Waals surface area (Å²) in [6, 6.07) is -1.23. The number of amides is 4. The van der Waals surface area contributed by atoms with Crippen molar-refractivity contribution in [1.29, 1.82) is 0 Å². The second-order valence-electron chi connectivity index (χ2n) is 25.3. The Morgan fingerprint density at radius 1 is 0.791 bits per heavy atom. The molecule has 0 radical (unpaired) electrons. The maximum absolute atomic E-state index is 14.7. The predicted molar refractivity (Wildman–Crippen MR) is 368 cm³/mol. The lowest BCUT2D eigenvalue weighted by Crippen LogP contribution is -2.61. The quantitative estimate of drug-likeness (QED) is 0.0313. The number of halogens is 3. The van der Waals surface area contributed by atoms with Crippen molar-refractivity contribution < 1.29 is 82.2 Å². The summed E-state index contributed by atoms with van der Waals surface area (Å²) >= 11 is 6.06. The fourth-order valence-corrected chi connectivity index (χ4v) is 16.7. The van der Waals surface area contributed by atoms with Gasteiger partial charge in [-0.2, -0.15) is 0 Å². The number of cyclic esters (lactones) is 1. The molecule has 0 aromatic heterocycles. The molecule has 3 heterocycles. The van der Waals surface area contributed by atoms with Crippen LogP contribution in [0, 0.1) is 46.2 Å². The second-order valence-corrected chi connectivity index (χ2v) is 28.6. The van der Waals surface area contributed by atoms with Crippen molar-refractivity contribution in [3.05, 3.63) is 63.9 Å². The molecular formula is C67H95I3N4O17. The number of nitrogens with one attached hydrogen (secondary N) is 3. The zero-order valence-corrected chi connectivity index (χ0v) is 60.9. The van der Waals surface area contributed by atoms with E-state index in [2.05, 4.69) is 16.0 Å². The lowest BCUT2D eigenvalue weighted by molar-refractivity contribution is -0.265. The number of rotatable bonds is 15. The van der Waals surface area contributed by atoms with Crippen molar-refractivity contribution in [2.75, 3.05) is 37.9 Å². The maximum atomic E-state index is 14.7.